The smallest absolute Gasteiger partial charge is 0.358 e. The summed E-state index contributed by atoms with van der Waals surface area (Å²) in [5.74, 6) is -1.45. The van der Waals surface area contributed by atoms with Gasteiger partial charge in [0.1, 0.15) is 5.75 Å². The minimum atomic E-state index is -1.28. The summed E-state index contributed by atoms with van der Waals surface area (Å²) in [5, 5.41) is 17.7. The third kappa shape index (κ3) is 2.08. The first-order valence-corrected chi connectivity index (χ1v) is 3.71. The number of aromatic nitrogens is 1. The molecule has 70 valence electrons. The van der Waals surface area contributed by atoms with Gasteiger partial charge in [0.25, 0.3) is 0 Å². The average Bonchev–Trinajstić information content (AvgIpc) is 2.08. The van der Waals surface area contributed by atoms with Gasteiger partial charge in [0.15, 0.2) is 5.69 Å². The van der Waals surface area contributed by atoms with Gasteiger partial charge in [-0.2, -0.15) is 0 Å². The fourth-order valence-electron chi connectivity index (χ4n) is 0.820. The number of hydrogen-bond acceptors (Lipinski definition) is 4. The fraction of sp³-hybridized carbons (Fsp3) is 0.250. The Morgan fingerprint density at radius 2 is 2.31 bits per heavy atom. The summed E-state index contributed by atoms with van der Waals surface area (Å²) in [5.41, 5.74) is -0.397. The second-order valence-corrected chi connectivity index (χ2v) is 2.26. The molecule has 0 aliphatic carbocycles. The van der Waals surface area contributed by atoms with E-state index in [2.05, 4.69) is 4.98 Å². The number of aromatic hydroxyl groups is 1. The predicted octanol–water partition coefficient (Wildman–Crippen LogP) is 0.884. The molecule has 1 aromatic heterocycles. The monoisotopic (exact) mass is 183 g/mol. The van der Waals surface area contributed by atoms with Crippen molar-refractivity contribution in [2.75, 3.05) is 6.61 Å². The van der Waals surface area contributed by atoms with E-state index in [1.165, 1.54) is 12.1 Å². The van der Waals surface area contributed by atoms with Crippen molar-refractivity contribution in [1.29, 1.82) is 0 Å². The Balaban J connectivity index is 3.04. The van der Waals surface area contributed by atoms with E-state index in [0.29, 0.717) is 6.61 Å². The van der Waals surface area contributed by atoms with Crippen molar-refractivity contribution in [3.63, 3.8) is 0 Å². The van der Waals surface area contributed by atoms with Crippen molar-refractivity contribution in [3.05, 3.63) is 17.8 Å². The van der Waals surface area contributed by atoms with Crippen LogP contribution in [0, 0.1) is 0 Å². The summed E-state index contributed by atoms with van der Waals surface area (Å²) < 4.78 is 4.97. The molecule has 13 heavy (non-hydrogen) atoms. The predicted molar refractivity (Wildman–Crippen MR) is 44.0 cm³/mol. The van der Waals surface area contributed by atoms with Crippen molar-refractivity contribution in [2.24, 2.45) is 0 Å². The molecule has 1 aromatic rings. The highest BCUT2D eigenvalue weighted by Gasteiger charge is 2.12. The molecule has 0 atom stereocenters. The molecule has 0 saturated carbocycles. The minimum Gasteiger partial charge on any atom is -0.505 e. The number of carbonyl (C=O) groups is 1. The SMILES string of the molecule is CCOc1ccc(O)c(C(=O)O)n1. The molecule has 0 aromatic carbocycles. The molecule has 5 nitrogen and oxygen atoms in total. The van der Waals surface area contributed by atoms with Crippen molar-refractivity contribution in [1.82, 2.24) is 4.98 Å². The Morgan fingerprint density at radius 3 is 2.85 bits per heavy atom. The zero-order valence-corrected chi connectivity index (χ0v) is 7.02. The molecule has 5 heteroatoms. The van der Waals surface area contributed by atoms with Crippen LogP contribution in [-0.4, -0.2) is 27.8 Å². The number of pyridine rings is 1. The van der Waals surface area contributed by atoms with Crippen LogP contribution in [0.15, 0.2) is 12.1 Å². The lowest BCUT2D eigenvalue weighted by Gasteiger charge is -2.03. The third-order valence-corrected chi connectivity index (χ3v) is 1.34. The number of ether oxygens (including phenoxy) is 1. The zero-order chi connectivity index (χ0) is 9.84. The number of carboxylic acids is 1. The normalized spacial score (nSPS) is 9.62. The number of carboxylic acid groups (broad SMARTS) is 1. The second-order valence-electron chi connectivity index (χ2n) is 2.26. The minimum absolute atomic E-state index is 0.192. The van der Waals surface area contributed by atoms with Crippen LogP contribution in [-0.2, 0) is 0 Å². The Bertz CT molecular complexity index is 324. The van der Waals surface area contributed by atoms with Crippen LogP contribution in [0.4, 0.5) is 0 Å². The summed E-state index contributed by atoms with van der Waals surface area (Å²) in [6, 6.07) is 2.65. The second kappa shape index (κ2) is 3.75. The summed E-state index contributed by atoms with van der Waals surface area (Å²) >= 11 is 0. The van der Waals surface area contributed by atoms with Gasteiger partial charge >= 0.3 is 5.97 Å². The molecule has 1 rings (SSSR count). The summed E-state index contributed by atoms with van der Waals surface area (Å²) in [7, 11) is 0. The Morgan fingerprint density at radius 1 is 1.62 bits per heavy atom. The zero-order valence-electron chi connectivity index (χ0n) is 7.02. The van der Waals surface area contributed by atoms with Gasteiger partial charge in [0.2, 0.25) is 5.88 Å². The van der Waals surface area contributed by atoms with E-state index >= 15 is 0 Å². The lowest BCUT2D eigenvalue weighted by Crippen LogP contribution is -2.03. The summed E-state index contributed by atoms with van der Waals surface area (Å²) in [4.78, 5) is 14.1. The first-order chi connectivity index (χ1) is 6.15. The molecule has 0 spiro atoms. The fourth-order valence-corrected chi connectivity index (χ4v) is 0.820. The Hall–Kier alpha value is -1.78. The van der Waals surface area contributed by atoms with Gasteiger partial charge in [-0.05, 0) is 13.0 Å². The lowest BCUT2D eigenvalue weighted by atomic mass is 10.3. The number of hydrogen-bond donors (Lipinski definition) is 2. The molecule has 1 heterocycles. The van der Waals surface area contributed by atoms with Crippen molar-refractivity contribution >= 4 is 5.97 Å². The van der Waals surface area contributed by atoms with Crippen LogP contribution in [0.2, 0.25) is 0 Å². The highest BCUT2D eigenvalue weighted by atomic mass is 16.5. The molecule has 2 N–H and O–H groups in total. The van der Waals surface area contributed by atoms with Gasteiger partial charge in [0.05, 0.1) is 6.61 Å². The van der Waals surface area contributed by atoms with Crippen molar-refractivity contribution in [2.45, 2.75) is 6.92 Å². The van der Waals surface area contributed by atoms with Gasteiger partial charge in [-0.15, -0.1) is 0 Å². The van der Waals surface area contributed by atoms with Crippen LogP contribution < -0.4 is 4.74 Å². The largest absolute Gasteiger partial charge is 0.505 e. The highest BCUT2D eigenvalue weighted by Crippen LogP contribution is 2.18. The van der Waals surface area contributed by atoms with E-state index in [1.807, 2.05) is 0 Å². The Kier molecular flexibility index (Phi) is 2.69. The maximum Gasteiger partial charge on any atom is 0.358 e. The van der Waals surface area contributed by atoms with Gasteiger partial charge < -0.3 is 14.9 Å². The number of aromatic carboxylic acids is 1. The molecule has 0 unspecified atom stereocenters. The van der Waals surface area contributed by atoms with Gasteiger partial charge in [-0.1, -0.05) is 0 Å². The number of nitrogens with zero attached hydrogens (tertiary/aromatic N) is 1. The molecule has 0 aliphatic heterocycles. The van der Waals surface area contributed by atoms with Gasteiger partial charge in [-0.25, -0.2) is 9.78 Å². The molecule has 0 aliphatic rings. The molecule has 0 saturated heterocycles. The molecular formula is C8H9NO4. The first-order valence-electron chi connectivity index (χ1n) is 3.71. The molecule has 0 radical (unpaired) electrons. The quantitative estimate of drug-likeness (QED) is 0.727. The van der Waals surface area contributed by atoms with Gasteiger partial charge in [-0.3, -0.25) is 0 Å². The van der Waals surface area contributed by atoms with E-state index in [9.17, 15) is 4.79 Å². The molecular weight excluding hydrogens is 174 g/mol. The topological polar surface area (TPSA) is 79.7 Å². The van der Waals surface area contributed by atoms with E-state index in [4.69, 9.17) is 14.9 Å². The first kappa shape index (κ1) is 9.31. The van der Waals surface area contributed by atoms with Crippen LogP contribution >= 0.6 is 0 Å². The maximum absolute atomic E-state index is 10.5. The van der Waals surface area contributed by atoms with Crippen LogP contribution in [0.1, 0.15) is 17.4 Å². The maximum atomic E-state index is 10.5. The van der Waals surface area contributed by atoms with Crippen LogP contribution in [0.3, 0.4) is 0 Å². The highest BCUT2D eigenvalue weighted by molar-refractivity contribution is 5.88. The standard InChI is InChI=1S/C8H9NO4/c1-2-13-6-4-3-5(10)7(9-6)8(11)12/h3-4,10H,2H2,1H3,(H,11,12). The Labute approximate surface area is 74.6 Å². The van der Waals surface area contributed by atoms with E-state index < -0.39 is 11.7 Å². The average molecular weight is 183 g/mol. The van der Waals surface area contributed by atoms with Crippen LogP contribution in [0.5, 0.6) is 11.6 Å². The van der Waals surface area contributed by atoms with E-state index in [1.54, 1.807) is 6.92 Å². The summed E-state index contributed by atoms with van der Waals surface area (Å²) in [6.45, 7) is 2.16. The van der Waals surface area contributed by atoms with Crippen LogP contribution in [0.25, 0.3) is 0 Å². The van der Waals surface area contributed by atoms with E-state index in [-0.39, 0.29) is 11.6 Å². The summed E-state index contributed by atoms with van der Waals surface area (Å²) in [6.07, 6.45) is 0. The third-order valence-electron chi connectivity index (χ3n) is 1.34. The molecule has 0 fully saturated rings. The lowest BCUT2D eigenvalue weighted by molar-refractivity contribution is 0.0685. The number of rotatable bonds is 3. The van der Waals surface area contributed by atoms with Crippen molar-refractivity contribution < 1.29 is 19.7 Å². The molecule has 0 amide bonds. The molecule has 0 bridgehead atoms. The van der Waals surface area contributed by atoms with E-state index in [0.717, 1.165) is 0 Å². The van der Waals surface area contributed by atoms with Gasteiger partial charge in [0, 0.05) is 6.07 Å². The van der Waals surface area contributed by atoms with Crippen molar-refractivity contribution in [3.8, 4) is 11.6 Å².